The maximum atomic E-state index is 13.2. The van der Waals surface area contributed by atoms with Crippen LogP contribution in [0, 0.1) is 17.3 Å². The van der Waals surface area contributed by atoms with Gasteiger partial charge >= 0.3 is 5.97 Å². The number of carbonyl (C=O) groups is 3. The van der Waals surface area contributed by atoms with Crippen LogP contribution in [-0.4, -0.2) is 61.9 Å². The molecule has 3 unspecified atom stereocenters. The second-order valence-electron chi connectivity index (χ2n) is 10.4. The number of ether oxygens (including phenoxy) is 2. The summed E-state index contributed by atoms with van der Waals surface area (Å²) in [6, 6.07) is 9.37. The van der Waals surface area contributed by atoms with Crippen molar-refractivity contribution in [2.24, 2.45) is 17.3 Å². The lowest BCUT2D eigenvalue weighted by Gasteiger charge is -2.32. The van der Waals surface area contributed by atoms with Crippen LogP contribution in [0.3, 0.4) is 0 Å². The van der Waals surface area contributed by atoms with Gasteiger partial charge in [-0.1, -0.05) is 63.3 Å². The molecule has 0 heterocycles. The van der Waals surface area contributed by atoms with E-state index in [1.807, 2.05) is 51.1 Å². The van der Waals surface area contributed by atoms with E-state index in [1.165, 1.54) is 0 Å². The minimum atomic E-state index is -0.607. The molecule has 0 saturated heterocycles. The normalized spacial score (nSPS) is 13.6. The van der Waals surface area contributed by atoms with E-state index >= 15 is 0 Å². The Balaban J connectivity index is 2.78. The number of aliphatic hydroxyl groups excluding tert-OH is 1. The molecule has 0 saturated carbocycles. The van der Waals surface area contributed by atoms with Crippen molar-refractivity contribution < 1.29 is 29.0 Å². The summed E-state index contributed by atoms with van der Waals surface area (Å²) in [5.41, 5.74) is 0.668. The summed E-state index contributed by atoms with van der Waals surface area (Å²) in [4.78, 5) is 38.6. The summed E-state index contributed by atoms with van der Waals surface area (Å²) in [7, 11) is 0. The molecule has 8 heteroatoms. The van der Waals surface area contributed by atoms with Crippen molar-refractivity contribution in [3.05, 3.63) is 61.2 Å². The van der Waals surface area contributed by atoms with Gasteiger partial charge in [0.25, 0.3) is 0 Å². The Kier molecular flexibility index (Phi) is 15.9. The first-order valence-electron chi connectivity index (χ1n) is 13.3. The Hall–Kier alpha value is -2.97. The molecule has 1 aromatic carbocycles. The van der Waals surface area contributed by atoms with E-state index in [0.29, 0.717) is 25.7 Å². The molecule has 3 N–H and O–H groups in total. The van der Waals surface area contributed by atoms with Crippen LogP contribution in [0.1, 0.15) is 52.0 Å². The molecule has 1 aromatic rings. The quantitative estimate of drug-likeness (QED) is 0.143. The van der Waals surface area contributed by atoms with Crippen molar-refractivity contribution >= 4 is 17.8 Å². The smallest absolute Gasteiger partial charge is 0.309 e. The zero-order valence-electron chi connectivity index (χ0n) is 23.2. The average molecular weight is 531 g/mol. The van der Waals surface area contributed by atoms with Crippen LogP contribution in [0.25, 0.3) is 0 Å². The van der Waals surface area contributed by atoms with Crippen LogP contribution in [0.15, 0.2) is 55.6 Å². The fraction of sp³-hybridized carbons (Fsp3) is 0.567. The number of allylic oxidation sites excluding steroid dienone is 2. The molecule has 0 aliphatic rings. The molecule has 3 atom stereocenters. The Morgan fingerprint density at radius 1 is 1.05 bits per heavy atom. The second-order valence-corrected chi connectivity index (χ2v) is 10.4. The van der Waals surface area contributed by atoms with Gasteiger partial charge in [-0.15, -0.1) is 13.2 Å². The number of carbonyl (C=O) groups excluding carboxylic acids is 3. The van der Waals surface area contributed by atoms with Crippen LogP contribution in [0.2, 0.25) is 0 Å². The molecule has 2 amide bonds. The Morgan fingerprint density at radius 2 is 1.76 bits per heavy atom. The summed E-state index contributed by atoms with van der Waals surface area (Å²) in [6.45, 7) is 14.1. The molecular weight excluding hydrogens is 484 g/mol. The van der Waals surface area contributed by atoms with Gasteiger partial charge in [0.05, 0.1) is 37.7 Å². The Labute approximate surface area is 227 Å². The minimum Gasteiger partial charge on any atom is -0.463 e. The number of aliphatic hydroxyl groups is 1. The van der Waals surface area contributed by atoms with Crippen molar-refractivity contribution in [2.75, 3.05) is 33.0 Å². The zero-order valence-corrected chi connectivity index (χ0v) is 23.2. The number of rotatable bonds is 19. The van der Waals surface area contributed by atoms with Crippen molar-refractivity contribution in [2.45, 2.75) is 58.9 Å². The Morgan fingerprint density at radius 3 is 2.37 bits per heavy atom. The van der Waals surface area contributed by atoms with E-state index in [-0.39, 0.29) is 63.1 Å². The molecule has 0 aliphatic heterocycles. The number of hydrogen-bond acceptors (Lipinski definition) is 6. The highest BCUT2D eigenvalue weighted by Gasteiger charge is 2.31. The lowest BCUT2D eigenvalue weighted by Crippen LogP contribution is -2.49. The monoisotopic (exact) mass is 530 g/mol. The fourth-order valence-corrected chi connectivity index (χ4v) is 3.81. The van der Waals surface area contributed by atoms with E-state index in [0.717, 1.165) is 5.56 Å². The first kappa shape index (κ1) is 33.1. The van der Waals surface area contributed by atoms with Gasteiger partial charge in [0.1, 0.15) is 6.61 Å². The first-order valence-corrected chi connectivity index (χ1v) is 13.3. The maximum absolute atomic E-state index is 13.2. The second kappa shape index (κ2) is 18.3. The highest BCUT2D eigenvalue weighted by Crippen LogP contribution is 2.23. The van der Waals surface area contributed by atoms with Gasteiger partial charge in [-0.3, -0.25) is 14.4 Å². The Bertz CT molecular complexity index is 865. The molecule has 0 fully saturated rings. The minimum absolute atomic E-state index is 0.00476. The first-order chi connectivity index (χ1) is 18.1. The molecule has 0 spiro atoms. The molecule has 8 nitrogen and oxygen atoms in total. The van der Waals surface area contributed by atoms with E-state index in [1.54, 1.807) is 12.2 Å². The SMILES string of the molecule is C=CCCC(Cc1ccccc1)C(=O)OCC(NC(=O)C(CC=C)CC(=O)NCCOCCO)C(C)(C)C. The van der Waals surface area contributed by atoms with Gasteiger partial charge in [-0.05, 0) is 36.7 Å². The van der Waals surface area contributed by atoms with Crippen LogP contribution >= 0.6 is 0 Å². The largest absolute Gasteiger partial charge is 0.463 e. The van der Waals surface area contributed by atoms with Crippen molar-refractivity contribution in [1.29, 1.82) is 0 Å². The van der Waals surface area contributed by atoms with Crippen molar-refractivity contribution in [3.8, 4) is 0 Å². The van der Waals surface area contributed by atoms with Crippen LogP contribution in [-0.2, 0) is 30.3 Å². The van der Waals surface area contributed by atoms with E-state index in [2.05, 4.69) is 23.8 Å². The molecule has 1 rings (SSSR count). The number of nitrogens with one attached hydrogen (secondary N) is 2. The molecule has 212 valence electrons. The molecule has 0 aromatic heterocycles. The van der Waals surface area contributed by atoms with Gasteiger partial charge in [0.15, 0.2) is 0 Å². The highest BCUT2D eigenvalue weighted by molar-refractivity contribution is 5.86. The summed E-state index contributed by atoms with van der Waals surface area (Å²) in [5.74, 6) is -1.79. The van der Waals surface area contributed by atoms with Crippen LogP contribution in [0.5, 0.6) is 0 Å². The van der Waals surface area contributed by atoms with E-state index in [4.69, 9.17) is 14.6 Å². The highest BCUT2D eigenvalue weighted by atomic mass is 16.5. The predicted octanol–water partition coefficient (Wildman–Crippen LogP) is 3.59. The van der Waals surface area contributed by atoms with Gasteiger partial charge in [-0.25, -0.2) is 0 Å². The number of hydrogen-bond donors (Lipinski definition) is 3. The van der Waals surface area contributed by atoms with E-state index < -0.39 is 17.4 Å². The van der Waals surface area contributed by atoms with Gasteiger partial charge in [0, 0.05) is 13.0 Å². The van der Waals surface area contributed by atoms with Gasteiger partial charge < -0.3 is 25.2 Å². The van der Waals surface area contributed by atoms with Gasteiger partial charge in [0.2, 0.25) is 11.8 Å². The summed E-state index contributed by atoms with van der Waals surface area (Å²) in [5, 5.41) is 14.5. The third-order valence-corrected chi connectivity index (χ3v) is 6.19. The maximum Gasteiger partial charge on any atom is 0.309 e. The molecule has 0 aliphatic carbocycles. The summed E-state index contributed by atoms with van der Waals surface area (Å²) in [6.07, 6.45) is 5.63. The number of benzene rings is 1. The molecule has 0 radical (unpaired) electrons. The molecular formula is C30H46N2O6. The molecule has 0 bridgehead atoms. The third-order valence-electron chi connectivity index (χ3n) is 6.19. The lowest BCUT2D eigenvalue weighted by molar-refractivity contribution is -0.151. The summed E-state index contributed by atoms with van der Waals surface area (Å²) >= 11 is 0. The topological polar surface area (TPSA) is 114 Å². The van der Waals surface area contributed by atoms with Crippen LogP contribution in [0.4, 0.5) is 0 Å². The van der Waals surface area contributed by atoms with Crippen molar-refractivity contribution in [1.82, 2.24) is 10.6 Å². The number of esters is 1. The van der Waals surface area contributed by atoms with E-state index in [9.17, 15) is 14.4 Å². The zero-order chi connectivity index (χ0) is 28.4. The standard InChI is InChI=1S/C30H46N2O6/c1-6-8-15-25(20-23-13-10-9-11-14-23)29(36)38-22-26(30(3,4)5)32-28(35)24(12-7-2)21-27(34)31-16-18-37-19-17-33/h6-7,9-11,13-14,24-26,33H,1-2,8,12,15-22H2,3-5H3,(H,31,34)(H,32,35). The molecule has 38 heavy (non-hydrogen) atoms. The van der Waals surface area contributed by atoms with Gasteiger partial charge in [-0.2, -0.15) is 0 Å². The summed E-state index contributed by atoms with van der Waals surface area (Å²) < 4.78 is 10.9. The fourth-order valence-electron chi connectivity index (χ4n) is 3.81. The number of amides is 2. The lowest BCUT2D eigenvalue weighted by atomic mass is 9.86. The average Bonchev–Trinajstić information content (AvgIpc) is 2.88. The van der Waals surface area contributed by atoms with Crippen molar-refractivity contribution in [3.63, 3.8) is 0 Å². The van der Waals surface area contributed by atoms with Crippen LogP contribution < -0.4 is 10.6 Å². The predicted molar refractivity (Wildman–Crippen MR) is 149 cm³/mol. The third kappa shape index (κ3) is 13.5.